The summed E-state index contributed by atoms with van der Waals surface area (Å²) in [4.78, 5) is 34.9. The predicted molar refractivity (Wildman–Crippen MR) is 168 cm³/mol. The normalized spacial score (nSPS) is 18.8. The molecule has 2 aliphatic rings. The lowest BCUT2D eigenvalue weighted by Gasteiger charge is -2.36. The van der Waals surface area contributed by atoms with Gasteiger partial charge in [-0.1, -0.05) is 67.1 Å². The zero-order valence-electron chi connectivity index (χ0n) is 24.5. The first-order valence-electron chi connectivity index (χ1n) is 15.0. The minimum absolute atomic E-state index is 0.0142. The van der Waals surface area contributed by atoms with E-state index in [1.807, 2.05) is 54.6 Å². The molecule has 8 heteroatoms. The van der Waals surface area contributed by atoms with E-state index >= 15 is 0 Å². The van der Waals surface area contributed by atoms with Crippen molar-refractivity contribution in [3.63, 3.8) is 0 Å². The number of anilines is 1. The Labute approximate surface area is 252 Å². The smallest absolute Gasteiger partial charge is 0.318 e. The number of benzene rings is 3. The summed E-state index contributed by atoms with van der Waals surface area (Å²) in [6, 6.07) is 26.0. The van der Waals surface area contributed by atoms with Crippen LogP contribution in [-0.4, -0.2) is 66.7 Å². The lowest BCUT2D eigenvalue weighted by atomic mass is 9.72. The number of aromatic nitrogens is 1. The molecule has 1 saturated heterocycles. The number of methoxy groups -OCH3 is 1. The summed E-state index contributed by atoms with van der Waals surface area (Å²) in [6.45, 7) is 4.61. The van der Waals surface area contributed by atoms with E-state index in [0.717, 1.165) is 90.1 Å². The van der Waals surface area contributed by atoms with E-state index in [9.17, 15) is 14.7 Å². The Kier molecular flexibility index (Phi) is 8.15. The Hall–Kier alpha value is -4.27. The van der Waals surface area contributed by atoms with Gasteiger partial charge in [-0.3, -0.25) is 14.5 Å². The van der Waals surface area contributed by atoms with Crippen molar-refractivity contribution in [2.75, 3.05) is 44.7 Å². The van der Waals surface area contributed by atoms with Gasteiger partial charge in [-0.15, -0.1) is 0 Å². The lowest BCUT2D eigenvalue weighted by molar-refractivity contribution is -0.142. The molecule has 0 bridgehead atoms. The Morgan fingerprint density at radius 2 is 1.67 bits per heavy atom. The number of carboxylic acid groups (broad SMARTS) is 1. The number of piperazine rings is 1. The highest BCUT2D eigenvalue weighted by atomic mass is 16.5. The number of nitrogens with two attached hydrogens (primary N) is 1. The van der Waals surface area contributed by atoms with Crippen LogP contribution in [0.4, 0.5) is 5.82 Å². The van der Waals surface area contributed by atoms with E-state index in [4.69, 9.17) is 15.5 Å². The van der Waals surface area contributed by atoms with E-state index in [-0.39, 0.29) is 6.42 Å². The number of para-hydroxylation sites is 1. The number of carboxylic acids is 1. The van der Waals surface area contributed by atoms with E-state index in [1.165, 1.54) is 7.11 Å². The molecular weight excluding hydrogens is 540 g/mol. The highest BCUT2D eigenvalue weighted by Crippen LogP contribution is 2.54. The van der Waals surface area contributed by atoms with Gasteiger partial charge in [-0.25, -0.2) is 4.98 Å². The quantitative estimate of drug-likeness (QED) is 0.237. The summed E-state index contributed by atoms with van der Waals surface area (Å²) in [6.07, 6.45) is 1.46. The van der Waals surface area contributed by atoms with Crippen molar-refractivity contribution in [3.8, 4) is 11.1 Å². The average molecular weight is 579 g/mol. The third kappa shape index (κ3) is 5.37. The number of unbranched alkanes of at least 4 members (excludes halogenated alkanes) is 1. The molecule has 4 aromatic rings. The second-order valence-corrected chi connectivity index (χ2v) is 11.6. The maximum atomic E-state index is 13.3. The molecular formula is C35H38N4O4. The van der Waals surface area contributed by atoms with Gasteiger partial charge in [-0.2, -0.15) is 0 Å². The molecule has 1 aliphatic carbocycles. The van der Waals surface area contributed by atoms with Crippen molar-refractivity contribution in [2.45, 2.75) is 37.2 Å². The number of carbonyl (C=O) groups excluding carboxylic acids is 1. The van der Waals surface area contributed by atoms with E-state index in [1.54, 1.807) is 0 Å². The van der Waals surface area contributed by atoms with Crippen molar-refractivity contribution in [1.82, 2.24) is 9.88 Å². The molecule has 3 N–H and O–H groups in total. The molecule has 2 heterocycles. The largest absolute Gasteiger partial charge is 0.480 e. The molecule has 2 atom stereocenters. The molecule has 1 fully saturated rings. The summed E-state index contributed by atoms with van der Waals surface area (Å²) in [5.41, 5.74) is 9.40. The Bertz CT molecular complexity index is 1650. The van der Waals surface area contributed by atoms with Crippen LogP contribution in [0, 0.1) is 0 Å². The van der Waals surface area contributed by atoms with Crippen LogP contribution in [-0.2, 0) is 19.7 Å². The molecule has 0 saturated carbocycles. The SMILES string of the molecule is COC(CC(N)=O)c1cccc2c1C(CCCCN1CCN(c3ccc4ccccc4n3)CC1)(C(=O)O)c1ccccc1-2. The van der Waals surface area contributed by atoms with Crippen LogP contribution in [0.5, 0.6) is 0 Å². The van der Waals surface area contributed by atoms with Crippen LogP contribution in [0.25, 0.3) is 22.0 Å². The summed E-state index contributed by atoms with van der Waals surface area (Å²) >= 11 is 0. The number of hydrogen-bond acceptors (Lipinski definition) is 6. The fourth-order valence-electron chi connectivity index (χ4n) is 7.01. The van der Waals surface area contributed by atoms with Gasteiger partial charge in [0.2, 0.25) is 5.91 Å². The van der Waals surface area contributed by atoms with E-state index in [2.05, 4.69) is 34.1 Å². The topological polar surface area (TPSA) is 109 Å². The fourth-order valence-corrected chi connectivity index (χ4v) is 7.01. The van der Waals surface area contributed by atoms with Crippen LogP contribution in [0.2, 0.25) is 0 Å². The van der Waals surface area contributed by atoms with Crippen LogP contribution in [0.1, 0.15) is 48.5 Å². The Morgan fingerprint density at radius 1 is 0.930 bits per heavy atom. The summed E-state index contributed by atoms with van der Waals surface area (Å²) < 4.78 is 5.70. The third-order valence-electron chi connectivity index (χ3n) is 9.14. The van der Waals surface area contributed by atoms with E-state index in [0.29, 0.717) is 6.42 Å². The van der Waals surface area contributed by atoms with Gasteiger partial charge in [0.15, 0.2) is 0 Å². The number of carbonyl (C=O) groups is 2. The third-order valence-corrected chi connectivity index (χ3v) is 9.14. The van der Waals surface area contributed by atoms with Crippen LogP contribution >= 0.6 is 0 Å². The maximum Gasteiger partial charge on any atom is 0.318 e. The molecule has 3 aromatic carbocycles. The molecule has 6 rings (SSSR count). The molecule has 2 unspecified atom stereocenters. The molecule has 1 amide bonds. The first kappa shape index (κ1) is 28.8. The molecule has 0 spiro atoms. The summed E-state index contributed by atoms with van der Waals surface area (Å²) in [7, 11) is 1.54. The second-order valence-electron chi connectivity index (χ2n) is 11.6. The number of pyridine rings is 1. The number of ether oxygens (including phenoxy) is 1. The number of primary amides is 1. The number of rotatable bonds is 11. The lowest BCUT2D eigenvalue weighted by Crippen LogP contribution is -2.47. The number of nitrogens with zero attached hydrogens (tertiary/aromatic N) is 3. The Balaban J connectivity index is 1.16. The van der Waals surface area contributed by atoms with Crippen molar-refractivity contribution >= 4 is 28.6 Å². The molecule has 8 nitrogen and oxygen atoms in total. The fraction of sp³-hybridized carbons (Fsp3) is 0.343. The maximum absolute atomic E-state index is 13.3. The number of fused-ring (bicyclic) bond motifs is 4. The van der Waals surface area contributed by atoms with Gasteiger partial charge in [-0.05, 0) is 65.4 Å². The van der Waals surface area contributed by atoms with Crippen molar-refractivity contribution in [3.05, 3.63) is 95.6 Å². The minimum atomic E-state index is -1.22. The summed E-state index contributed by atoms with van der Waals surface area (Å²) in [5, 5.41) is 12.1. The van der Waals surface area contributed by atoms with Gasteiger partial charge >= 0.3 is 5.97 Å². The van der Waals surface area contributed by atoms with Crippen LogP contribution in [0.15, 0.2) is 78.9 Å². The average Bonchev–Trinajstić information content (AvgIpc) is 3.33. The Morgan fingerprint density at radius 3 is 2.44 bits per heavy atom. The standard InChI is InChI=1S/C35H38N4O4/c1-43-30(23-31(36)40)27-12-8-11-26-25-10-3-4-13-28(25)35(33(26)27,34(41)42)17-6-7-18-38-19-21-39(22-20-38)32-16-15-24-9-2-5-14-29(24)37-32/h2-5,8-16,30H,6-7,17-23H2,1H3,(H2,36,40)(H,41,42). The predicted octanol–water partition coefficient (Wildman–Crippen LogP) is 5.14. The highest BCUT2D eigenvalue weighted by Gasteiger charge is 2.50. The monoisotopic (exact) mass is 578 g/mol. The molecule has 0 radical (unpaired) electrons. The molecule has 43 heavy (non-hydrogen) atoms. The van der Waals surface area contributed by atoms with Gasteiger partial charge < -0.3 is 20.5 Å². The van der Waals surface area contributed by atoms with Gasteiger partial charge in [0.25, 0.3) is 0 Å². The number of amides is 1. The molecule has 1 aliphatic heterocycles. The first-order chi connectivity index (χ1) is 20.9. The number of hydrogen-bond donors (Lipinski definition) is 2. The van der Waals surface area contributed by atoms with Crippen molar-refractivity contribution in [1.29, 1.82) is 0 Å². The highest BCUT2D eigenvalue weighted by molar-refractivity contribution is 5.98. The van der Waals surface area contributed by atoms with Crippen molar-refractivity contribution < 1.29 is 19.4 Å². The molecule has 1 aromatic heterocycles. The number of aliphatic carboxylic acids is 1. The van der Waals surface area contributed by atoms with Gasteiger partial charge in [0.1, 0.15) is 11.2 Å². The van der Waals surface area contributed by atoms with Crippen LogP contribution < -0.4 is 10.6 Å². The zero-order valence-corrected chi connectivity index (χ0v) is 24.5. The zero-order chi connectivity index (χ0) is 30.0. The van der Waals surface area contributed by atoms with Gasteiger partial charge in [0.05, 0.1) is 18.0 Å². The summed E-state index contributed by atoms with van der Waals surface area (Å²) in [5.74, 6) is -0.351. The van der Waals surface area contributed by atoms with Gasteiger partial charge in [0, 0.05) is 38.7 Å². The second kappa shape index (κ2) is 12.1. The first-order valence-corrected chi connectivity index (χ1v) is 15.0. The van der Waals surface area contributed by atoms with E-state index < -0.39 is 23.4 Å². The van der Waals surface area contributed by atoms with Crippen molar-refractivity contribution in [2.24, 2.45) is 5.73 Å². The molecule has 222 valence electrons. The minimum Gasteiger partial charge on any atom is -0.480 e. The van der Waals surface area contributed by atoms with Crippen LogP contribution in [0.3, 0.4) is 0 Å².